The van der Waals surface area contributed by atoms with Crippen molar-refractivity contribution in [3.05, 3.63) is 53.9 Å². The Morgan fingerprint density at radius 3 is 2.90 bits per heavy atom. The SMILES string of the molecule is COC(=O)c1ccccc1Sc1cnc2[nH]cc(CCNC(=O)C3CCC3)c2c1. The van der Waals surface area contributed by atoms with Crippen molar-refractivity contribution < 1.29 is 14.3 Å². The fourth-order valence-corrected chi connectivity index (χ4v) is 4.34. The molecule has 150 valence electrons. The molecule has 6 nitrogen and oxygen atoms in total. The quantitative estimate of drug-likeness (QED) is 0.577. The van der Waals surface area contributed by atoms with Crippen LogP contribution in [0.5, 0.6) is 0 Å². The third kappa shape index (κ3) is 4.29. The molecule has 2 heterocycles. The predicted molar refractivity (Wildman–Crippen MR) is 112 cm³/mol. The molecule has 0 saturated heterocycles. The van der Waals surface area contributed by atoms with Crippen LogP contribution in [-0.2, 0) is 16.0 Å². The molecule has 1 aromatic carbocycles. The number of H-pyrrole nitrogens is 1. The van der Waals surface area contributed by atoms with Crippen LogP contribution in [0.4, 0.5) is 0 Å². The maximum absolute atomic E-state index is 12.0. The molecule has 2 N–H and O–H groups in total. The Bertz CT molecular complexity index is 1040. The van der Waals surface area contributed by atoms with Gasteiger partial charge < -0.3 is 15.0 Å². The van der Waals surface area contributed by atoms with Crippen LogP contribution in [0, 0.1) is 5.92 Å². The number of methoxy groups -OCH3 is 1. The van der Waals surface area contributed by atoms with Gasteiger partial charge in [-0.25, -0.2) is 9.78 Å². The Morgan fingerprint density at radius 2 is 2.14 bits per heavy atom. The number of carbonyl (C=O) groups excluding carboxylic acids is 2. The minimum Gasteiger partial charge on any atom is -0.465 e. The number of esters is 1. The zero-order chi connectivity index (χ0) is 20.2. The van der Waals surface area contributed by atoms with Crippen LogP contribution >= 0.6 is 11.8 Å². The normalized spacial score (nSPS) is 13.8. The number of nitrogens with one attached hydrogen (secondary N) is 2. The van der Waals surface area contributed by atoms with E-state index in [4.69, 9.17) is 4.74 Å². The Hall–Kier alpha value is -2.80. The van der Waals surface area contributed by atoms with Crippen LogP contribution < -0.4 is 5.32 Å². The summed E-state index contributed by atoms with van der Waals surface area (Å²) in [6.07, 6.45) is 7.66. The molecule has 29 heavy (non-hydrogen) atoms. The lowest BCUT2D eigenvalue weighted by atomic mass is 9.85. The molecule has 1 aliphatic rings. The Balaban J connectivity index is 1.48. The summed E-state index contributed by atoms with van der Waals surface area (Å²) in [6.45, 7) is 0.616. The maximum atomic E-state index is 12.0. The molecule has 7 heteroatoms. The minimum absolute atomic E-state index is 0.171. The van der Waals surface area contributed by atoms with E-state index in [1.54, 1.807) is 12.3 Å². The average Bonchev–Trinajstić information content (AvgIpc) is 3.09. The highest BCUT2D eigenvalue weighted by molar-refractivity contribution is 7.99. The molecule has 0 spiro atoms. The number of hydrogen-bond donors (Lipinski definition) is 2. The van der Waals surface area contributed by atoms with Crippen molar-refractivity contribution in [3.8, 4) is 0 Å². The number of carbonyl (C=O) groups is 2. The molecule has 1 saturated carbocycles. The first-order chi connectivity index (χ1) is 14.2. The Labute approximate surface area is 173 Å². The van der Waals surface area contributed by atoms with E-state index in [1.165, 1.54) is 18.9 Å². The van der Waals surface area contributed by atoms with Crippen LogP contribution in [0.25, 0.3) is 11.0 Å². The molecule has 1 aliphatic carbocycles. The first kappa shape index (κ1) is 19.5. The van der Waals surface area contributed by atoms with Crippen LogP contribution in [-0.4, -0.2) is 35.5 Å². The van der Waals surface area contributed by atoms with Gasteiger partial charge in [-0.05, 0) is 43.0 Å². The van der Waals surface area contributed by atoms with Crippen molar-refractivity contribution in [1.29, 1.82) is 0 Å². The lowest BCUT2D eigenvalue weighted by Crippen LogP contribution is -2.35. The second-order valence-corrected chi connectivity index (χ2v) is 8.26. The van der Waals surface area contributed by atoms with E-state index in [0.717, 1.165) is 52.1 Å². The molecule has 0 bridgehead atoms. The van der Waals surface area contributed by atoms with Gasteiger partial charge in [-0.1, -0.05) is 30.3 Å². The number of benzene rings is 1. The van der Waals surface area contributed by atoms with Crippen molar-refractivity contribution in [1.82, 2.24) is 15.3 Å². The summed E-state index contributed by atoms with van der Waals surface area (Å²) in [6, 6.07) is 9.44. The molecular formula is C22H23N3O3S. The van der Waals surface area contributed by atoms with Gasteiger partial charge in [-0.15, -0.1) is 0 Å². The maximum Gasteiger partial charge on any atom is 0.339 e. The summed E-state index contributed by atoms with van der Waals surface area (Å²) in [7, 11) is 1.38. The van der Waals surface area contributed by atoms with E-state index in [1.807, 2.05) is 24.4 Å². The van der Waals surface area contributed by atoms with Crippen molar-refractivity contribution in [3.63, 3.8) is 0 Å². The zero-order valence-electron chi connectivity index (χ0n) is 16.2. The van der Waals surface area contributed by atoms with Gasteiger partial charge in [0.1, 0.15) is 5.65 Å². The van der Waals surface area contributed by atoms with Gasteiger partial charge in [0.25, 0.3) is 0 Å². The number of pyridine rings is 1. The predicted octanol–water partition coefficient (Wildman–Crippen LogP) is 3.96. The summed E-state index contributed by atoms with van der Waals surface area (Å²) >= 11 is 1.48. The van der Waals surface area contributed by atoms with Crippen LogP contribution in [0.2, 0.25) is 0 Å². The zero-order valence-corrected chi connectivity index (χ0v) is 17.1. The summed E-state index contributed by atoms with van der Waals surface area (Å²) in [5, 5.41) is 4.07. The van der Waals surface area contributed by atoms with Crippen molar-refractivity contribution in [2.24, 2.45) is 5.92 Å². The van der Waals surface area contributed by atoms with Crippen LogP contribution in [0.1, 0.15) is 35.2 Å². The summed E-state index contributed by atoms with van der Waals surface area (Å²) in [5.41, 5.74) is 2.47. The van der Waals surface area contributed by atoms with E-state index in [-0.39, 0.29) is 17.8 Å². The number of nitrogens with zero attached hydrogens (tertiary/aromatic N) is 1. The molecule has 2 aromatic heterocycles. The van der Waals surface area contributed by atoms with E-state index >= 15 is 0 Å². The molecule has 4 rings (SSSR count). The number of fused-ring (bicyclic) bond motifs is 1. The summed E-state index contributed by atoms with van der Waals surface area (Å²) < 4.78 is 4.88. The number of rotatable bonds is 7. The van der Waals surface area contributed by atoms with Gasteiger partial charge in [-0.3, -0.25) is 4.79 Å². The van der Waals surface area contributed by atoms with E-state index in [2.05, 4.69) is 21.4 Å². The van der Waals surface area contributed by atoms with Gasteiger partial charge in [-0.2, -0.15) is 0 Å². The first-order valence-electron chi connectivity index (χ1n) is 9.74. The fraction of sp³-hybridized carbons (Fsp3) is 0.318. The second kappa shape index (κ2) is 8.69. The summed E-state index contributed by atoms with van der Waals surface area (Å²) in [5.74, 6) is 0.0223. The second-order valence-electron chi connectivity index (χ2n) is 7.14. The number of amides is 1. The highest BCUT2D eigenvalue weighted by atomic mass is 32.2. The van der Waals surface area contributed by atoms with E-state index in [0.29, 0.717) is 12.1 Å². The molecule has 1 amide bonds. The van der Waals surface area contributed by atoms with Gasteiger partial charge in [0, 0.05) is 40.0 Å². The highest BCUT2D eigenvalue weighted by Crippen LogP contribution is 2.32. The smallest absolute Gasteiger partial charge is 0.339 e. The van der Waals surface area contributed by atoms with Gasteiger partial charge in [0.2, 0.25) is 5.91 Å². The van der Waals surface area contributed by atoms with Crippen molar-refractivity contribution in [2.75, 3.05) is 13.7 Å². The van der Waals surface area contributed by atoms with Crippen LogP contribution in [0.15, 0.2) is 52.5 Å². The molecule has 0 unspecified atom stereocenters. The molecule has 3 aromatic rings. The van der Waals surface area contributed by atoms with Crippen molar-refractivity contribution >= 4 is 34.7 Å². The Morgan fingerprint density at radius 1 is 1.31 bits per heavy atom. The number of aromatic amines is 1. The van der Waals surface area contributed by atoms with E-state index < -0.39 is 0 Å². The standard InChI is InChI=1S/C22H23N3O3S/c1-28-22(27)17-7-2-3-8-19(17)29-16-11-18-15(12-24-20(18)25-13-16)9-10-23-21(26)14-5-4-6-14/h2-3,7-8,11-14H,4-6,9-10H2,1H3,(H,23,26)(H,24,25). The number of hydrogen-bond acceptors (Lipinski definition) is 5. The number of ether oxygens (including phenoxy) is 1. The lowest BCUT2D eigenvalue weighted by molar-refractivity contribution is -0.127. The van der Waals surface area contributed by atoms with E-state index in [9.17, 15) is 9.59 Å². The third-order valence-electron chi connectivity index (χ3n) is 5.28. The fourth-order valence-electron chi connectivity index (χ4n) is 3.40. The van der Waals surface area contributed by atoms with Crippen molar-refractivity contribution in [2.45, 2.75) is 35.5 Å². The molecule has 0 atom stereocenters. The molecule has 0 aliphatic heterocycles. The highest BCUT2D eigenvalue weighted by Gasteiger charge is 2.24. The third-order valence-corrected chi connectivity index (χ3v) is 6.32. The topological polar surface area (TPSA) is 84.1 Å². The lowest BCUT2D eigenvalue weighted by Gasteiger charge is -2.23. The minimum atomic E-state index is -0.355. The monoisotopic (exact) mass is 409 g/mol. The van der Waals surface area contributed by atoms with Gasteiger partial charge >= 0.3 is 5.97 Å². The average molecular weight is 410 g/mol. The molecule has 0 radical (unpaired) electrons. The Kier molecular flexibility index (Phi) is 5.85. The van der Waals surface area contributed by atoms with Crippen LogP contribution in [0.3, 0.4) is 0 Å². The molecule has 1 fully saturated rings. The summed E-state index contributed by atoms with van der Waals surface area (Å²) in [4.78, 5) is 33.5. The largest absolute Gasteiger partial charge is 0.465 e. The number of aromatic nitrogens is 2. The first-order valence-corrected chi connectivity index (χ1v) is 10.6. The molecular weight excluding hydrogens is 386 g/mol. The van der Waals surface area contributed by atoms with Gasteiger partial charge in [0.15, 0.2) is 0 Å². The van der Waals surface area contributed by atoms with Gasteiger partial charge in [0.05, 0.1) is 12.7 Å².